The molecular weight excluding hydrogens is 500 g/mol. The number of ether oxygens (including phenoxy) is 2. The van der Waals surface area contributed by atoms with Crippen LogP contribution in [0.5, 0.6) is 11.5 Å². The molecule has 7 nitrogen and oxygen atoms in total. The van der Waals surface area contributed by atoms with Crippen molar-refractivity contribution in [1.82, 2.24) is 19.6 Å². The molecule has 0 aliphatic carbocycles. The van der Waals surface area contributed by atoms with Gasteiger partial charge in [-0.25, -0.2) is 4.68 Å². The molecule has 194 valence electrons. The van der Waals surface area contributed by atoms with Crippen LogP contribution in [0.15, 0.2) is 66.7 Å². The van der Waals surface area contributed by atoms with Crippen molar-refractivity contribution in [3.05, 3.63) is 94.1 Å². The highest BCUT2D eigenvalue weighted by molar-refractivity contribution is 6.30. The molecule has 0 unspecified atom stereocenters. The fourth-order valence-electron chi connectivity index (χ4n) is 4.92. The summed E-state index contributed by atoms with van der Waals surface area (Å²) in [6, 6.07) is 21.7. The van der Waals surface area contributed by atoms with Gasteiger partial charge < -0.3 is 14.4 Å². The molecular formula is C30H29ClN4O3. The summed E-state index contributed by atoms with van der Waals surface area (Å²) in [5.74, 6) is 1.57. The highest BCUT2D eigenvalue weighted by Crippen LogP contribution is 2.33. The van der Waals surface area contributed by atoms with Gasteiger partial charge in [0.1, 0.15) is 5.69 Å². The molecule has 0 spiro atoms. The average molecular weight is 529 g/mol. The molecule has 0 atom stereocenters. The monoisotopic (exact) mass is 528 g/mol. The van der Waals surface area contributed by atoms with Crippen LogP contribution in [0.2, 0.25) is 5.02 Å². The Balaban J connectivity index is 1.22. The fraction of sp³-hybridized carbons (Fsp3) is 0.267. The number of aromatic nitrogens is 2. The number of benzene rings is 3. The van der Waals surface area contributed by atoms with Crippen LogP contribution in [0.4, 0.5) is 0 Å². The van der Waals surface area contributed by atoms with E-state index in [4.69, 9.17) is 26.2 Å². The number of fused-ring (bicyclic) bond motifs is 1. The van der Waals surface area contributed by atoms with Gasteiger partial charge in [0.15, 0.2) is 11.5 Å². The SMILES string of the molecule is Cc1ccc(-c2cc(C(=O)N3CCN(Cc4ccc5c(c4)OCO5)CC3)n(-c3ccc(Cl)cc3)n2)cc1C. The van der Waals surface area contributed by atoms with Crippen LogP contribution in [-0.4, -0.2) is 58.5 Å². The van der Waals surface area contributed by atoms with Crippen LogP contribution >= 0.6 is 11.6 Å². The molecule has 0 bridgehead atoms. The molecule has 38 heavy (non-hydrogen) atoms. The molecule has 1 saturated heterocycles. The van der Waals surface area contributed by atoms with Gasteiger partial charge in [0, 0.05) is 43.3 Å². The molecule has 8 heteroatoms. The first-order chi connectivity index (χ1) is 18.4. The van der Waals surface area contributed by atoms with Gasteiger partial charge in [-0.2, -0.15) is 5.10 Å². The molecule has 0 N–H and O–H groups in total. The van der Waals surface area contributed by atoms with Crippen molar-refractivity contribution >= 4 is 17.5 Å². The van der Waals surface area contributed by atoms with Gasteiger partial charge in [0.2, 0.25) is 6.79 Å². The molecule has 6 rings (SSSR count). The first kappa shape index (κ1) is 24.5. The third-order valence-corrected chi connectivity index (χ3v) is 7.56. The Hall–Kier alpha value is -3.81. The Morgan fingerprint density at radius 2 is 1.63 bits per heavy atom. The molecule has 3 heterocycles. The zero-order valence-corrected chi connectivity index (χ0v) is 22.2. The van der Waals surface area contributed by atoms with Crippen LogP contribution in [0.3, 0.4) is 0 Å². The van der Waals surface area contributed by atoms with Crippen molar-refractivity contribution in [1.29, 1.82) is 0 Å². The minimum Gasteiger partial charge on any atom is -0.454 e. The predicted molar refractivity (Wildman–Crippen MR) is 147 cm³/mol. The van der Waals surface area contributed by atoms with Gasteiger partial charge in [-0.3, -0.25) is 9.69 Å². The number of carbonyl (C=O) groups is 1. The van der Waals surface area contributed by atoms with Crippen molar-refractivity contribution in [3.8, 4) is 28.4 Å². The summed E-state index contributed by atoms with van der Waals surface area (Å²) in [6.45, 7) is 8.13. The third-order valence-electron chi connectivity index (χ3n) is 7.31. The van der Waals surface area contributed by atoms with Crippen LogP contribution in [0.1, 0.15) is 27.2 Å². The van der Waals surface area contributed by atoms with Gasteiger partial charge in [-0.15, -0.1) is 0 Å². The van der Waals surface area contributed by atoms with E-state index in [0.717, 1.165) is 48.1 Å². The number of piperazine rings is 1. The summed E-state index contributed by atoms with van der Waals surface area (Å²) in [7, 11) is 0. The minimum absolute atomic E-state index is 0.0229. The number of rotatable bonds is 5. The van der Waals surface area contributed by atoms with Crippen LogP contribution < -0.4 is 9.47 Å². The molecule has 3 aromatic carbocycles. The number of nitrogens with zero attached hydrogens (tertiary/aromatic N) is 4. The topological polar surface area (TPSA) is 59.8 Å². The van der Waals surface area contributed by atoms with Gasteiger partial charge in [-0.05, 0) is 79.1 Å². The third kappa shape index (κ3) is 4.87. The second-order valence-corrected chi connectivity index (χ2v) is 10.3. The molecule has 2 aliphatic heterocycles. The molecule has 1 aromatic heterocycles. The lowest BCUT2D eigenvalue weighted by atomic mass is 10.0. The van der Waals surface area contributed by atoms with Gasteiger partial charge in [0.25, 0.3) is 5.91 Å². The summed E-state index contributed by atoms with van der Waals surface area (Å²) in [5, 5.41) is 5.50. The Labute approximate surface area is 227 Å². The standard InChI is InChI=1S/C30H29ClN4O3/c1-20-3-5-23(15-21(20)2)26-17-27(35(32-26)25-8-6-24(31)7-9-25)30(36)34-13-11-33(12-14-34)18-22-4-10-28-29(16-22)38-19-37-28/h3-10,15-17H,11-14,18-19H2,1-2H3. The van der Waals surface area contributed by atoms with E-state index in [-0.39, 0.29) is 12.7 Å². The number of amides is 1. The minimum atomic E-state index is -0.0229. The number of aryl methyl sites for hydroxylation is 2. The molecule has 1 fully saturated rings. The van der Waals surface area contributed by atoms with Crippen molar-refractivity contribution < 1.29 is 14.3 Å². The second-order valence-electron chi connectivity index (χ2n) is 9.86. The average Bonchev–Trinajstić information content (AvgIpc) is 3.58. The zero-order chi connectivity index (χ0) is 26.2. The first-order valence-corrected chi connectivity index (χ1v) is 13.2. The van der Waals surface area contributed by atoms with Gasteiger partial charge in [-0.1, -0.05) is 29.8 Å². The van der Waals surface area contributed by atoms with E-state index in [0.29, 0.717) is 23.8 Å². The number of carbonyl (C=O) groups excluding carboxylic acids is 1. The molecule has 0 saturated carbocycles. The predicted octanol–water partition coefficient (Wildman–Crippen LogP) is 5.50. The second kappa shape index (κ2) is 10.2. The van der Waals surface area contributed by atoms with Crippen molar-refractivity contribution in [2.45, 2.75) is 20.4 Å². The number of halogens is 1. The lowest BCUT2D eigenvalue weighted by molar-refractivity contribution is 0.0619. The van der Waals surface area contributed by atoms with E-state index in [2.05, 4.69) is 43.0 Å². The van der Waals surface area contributed by atoms with E-state index in [1.807, 2.05) is 47.4 Å². The summed E-state index contributed by atoms with van der Waals surface area (Å²) in [6.07, 6.45) is 0. The maximum atomic E-state index is 13.8. The lowest BCUT2D eigenvalue weighted by Gasteiger charge is -2.34. The molecule has 0 radical (unpaired) electrons. The maximum Gasteiger partial charge on any atom is 0.272 e. The van der Waals surface area contributed by atoms with E-state index in [1.165, 1.54) is 16.7 Å². The van der Waals surface area contributed by atoms with Crippen LogP contribution in [0.25, 0.3) is 16.9 Å². The first-order valence-electron chi connectivity index (χ1n) is 12.8. The summed E-state index contributed by atoms with van der Waals surface area (Å²) in [5.41, 5.74) is 6.69. The number of hydrogen-bond donors (Lipinski definition) is 0. The fourth-order valence-corrected chi connectivity index (χ4v) is 5.05. The highest BCUT2D eigenvalue weighted by Gasteiger charge is 2.27. The van der Waals surface area contributed by atoms with E-state index in [9.17, 15) is 4.79 Å². The quantitative estimate of drug-likeness (QED) is 0.342. The van der Waals surface area contributed by atoms with E-state index in [1.54, 1.807) is 4.68 Å². The van der Waals surface area contributed by atoms with Crippen molar-refractivity contribution in [2.75, 3.05) is 33.0 Å². The number of hydrogen-bond acceptors (Lipinski definition) is 5. The summed E-state index contributed by atoms with van der Waals surface area (Å²) in [4.78, 5) is 18.1. The summed E-state index contributed by atoms with van der Waals surface area (Å²) >= 11 is 6.13. The van der Waals surface area contributed by atoms with Crippen LogP contribution in [0, 0.1) is 13.8 Å². The maximum absolute atomic E-state index is 13.8. The van der Waals surface area contributed by atoms with Crippen LogP contribution in [-0.2, 0) is 6.54 Å². The Morgan fingerprint density at radius 1 is 0.868 bits per heavy atom. The normalized spacial score (nSPS) is 15.2. The lowest BCUT2D eigenvalue weighted by Crippen LogP contribution is -2.48. The smallest absolute Gasteiger partial charge is 0.272 e. The van der Waals surface area contributed by atoms with Gasteiger partial charge in [0.05, 0.1) is 11.4 Å². The van der Waals surface area contributed by atoms with Crippen molar-refractivity contribution in [2.24, 2.45) is 0 Å². The Kier molecular flexibility index (Phi) is 6.55. The highest BCUT2D eigenvalue weighted by atomic mass is 35.5. The molecule has 2 aliphatic rings. The summed E-state index contributed by atoms with van der Waals surface area (Å²) < 4.78 is 12.7. The van der Waals surface area contributed by atoms with E-state index >= 15 is 0 Å². The zero-order valence-electron chi connectivity index (χ0n) is 21.5. The van der Waals surface area contributed by atoms with Crippen molar-refractivity contribution in [3.63, 3.8) is 0 Å². The van der Waals surface area contributed by atoms with E-state index < -0.39 is 0 Å². The molecule has 4 aromatic rings. The van der Waals surface area contributed by atoms with Gasteiger partial charge >= 0.3 is 0 Å². The Morgan fingerprint density at radius 3 is 2.39 bits per heavy atom. The largest absolute Gasteiger partial charge is 0.454 e. The molecule has 1 amide bonds. The Bertz CT molecular complexity index is 1490.